The Morgan fingerprint density at radius 3 is 2.67 bits per heavy atom. The Kier molecular flexibility index (Phi) is 11.0. The monoisotopic (exact) mass is 526 g/mol. The van der Waals surface area contributed by atoms with E-state index in [2.05, 4.69) is 33.8 Å². The molecule has 1 saturated heterocycles. The zero-order chi connectivity index (χ0) is 19.0. The van der Waals surface area contributed by atoms with Crippen LogP contribution in [0.5, 0.6) is 0 Å². The van der Waals surface area contributed by atoms with Crippen molar-refractivity contribution in [1.29, 1.82) is 0 Å². The van der Waals surface area contributed by atoms with Crippen LogP contribution < -0.4 is 10.0 Å². The van der Waals surface area contributed by atoms with E-state index in [1.165, 1.54) is 0 Å². The molecule has 2 rings (SSSR count). The van der Waals surface area contributed by atoms with Crippen molar-refractivity contribution in [3.05, 3.63) is 35.9 Å². The first-order valence-corrected chi connectivity index (χ1v) is 11.7. The smallest absolute Gasteiger partial charge is 0.213 e. The third-order valence-corrected chi connectivity index (χ3v) is 7.21. The molecule has 27 heavy (non-hydrogen) atoms. The average molecular weight is 527 g/mol. The highest BCUT2D eigenvalue weighted by atomic mass is 127. The van der Waals surface area contributed by atoms with Crippen LogP contribution in [0.25, 0.3) is 0 Å². The fourth-order valence-corrected chi connectivity index (χ4v) is 4.96. The second-order valence-electron chi connectivity index (χ2n) is 6.70. The maximum absolute atomic E-state index is 12.2. The molecule has 1 aliphatic rings. The van der Waals surface area contributed by atoms with Gasteiger partial charge in [0.1, 0.15) is 0 Å². The molecule has 1 heterocycles. The van der Waals surface area contributed by atoms with Gasteiger partial charge in [0.25, 0.3) is 0 Å². The van der Waals surface area contributed by atoms with Gasteiger partial charge in [0, 0.05) is 44.2 Å². The van der Waals surface area contributed by atoms with E-state index in [-0.39, 0.29) is 29.7 Å². The van der Waals surface area contributed by atoms with E-state index in [1.54, 1.807) is 7.05 Å². The van der Waals surface area contributed by atoms with Crippen LogP contribution in [0.1, 0.15) is 19.4 Å². The van der Waals surface area contributed by atoms with Crippen LogP contribution in [-0.4, -0.2) is 62.7 Å². The highest BCUT2D eigenvalue weighted by Crippen LogP contribution is 2.24. The van der Waals surface area contributed by atoms with Crippen LogP contribution in [0.15, 0.2) is 35.3 Å². The van der Waals surface area contributed by atoms with E-state index in [0.29, 0.717) is 24.3 Å². The van der Waals surface area contributed by atoms with Gasteiger partial charge in [-0.2, -0.15) is 11.8 Å². The van der Waals surface area contributed by atoms with E-state index < -0.39 is 10.0 Å². The molecule has 0 aromatic heterocycles. The number of nitrogens with one attached hydrogen (secondary N) is 2. The molecule has 154 valence electrons. The summed E-state index contributed by atoms with van der Waals surface area (Å²) in [6.45, 7) is 7.02. The summed E-state index contributed by atoms with van der Waals surface area (Å²) < 4.78 is 27.0. The first-order chi connectivity index (χ1) is 12.4. The van der Waals surface area contributed by atoms with Crippen LogP contribution in [0.2, 0.25) is 0 Å². The number of halogens is 1. The zero-order valence-corrected chi connectivity index (χ0v) is 20.2. The maximum atomic E-state index is 12.2. The number of sulfonamides is 1. The van der Waals surface area contributed by atoms with Gasteiger partial charge in [-0.05, 0) is 11.5 Å². The summed E-state index contributed by atoms with van der Waals surface area (Å²) in [6, 6.07) is 9.52. The van der Waals surface area contributed by atoms with E-state index in [4.69, 9.17) is 0 Å². The first-order valence-electron chi connectivity index (χ1n) is 9.00. The van der Waals surface area contributed by atoms with E-state index in [0.717, 1.165) is 30.4 Å². The molecular formula is C18H31IN4O2S2. The molecule has 1 atom stereocenters. The quantitative estimate of drug-likeness (QED) is 0.324. The second kappa shape index (κ2) is 12.1. The molecule has 1 unspecified atom stereocenters. The Balaban J connectivity index is 0.00000364. The zero-order valence-electron chi connectivity index (χ0n) is 16.2. The van der Waals surface area contributed by atoms with Crippen molar-refractivity contribution in [1.82, 2.24) is 14.9 Å². The van der Waals surface area contributed by atoms with E-state index in [1.807, 2.05) is 42.1 Å². The number of hydrogen-bond donors (Lipinski definition) is 2. The number of guanidine groups is 1. The van der Waals surface area contributed by atoms with Crippen molar-refractivity contribution in [2.45, 2.75) is 25.6 Å². The number of rotatable bonds is 7. The molecular weight excluding hydrogens is 495 g/mol. The number of thioether (sulfide) groups is 1. The highest BCUT2D eigenvalue weighted by molar-refractivity contribution is 14.0. The largest absolute Gasteiger partial charge is 0.355 e. The van der Waals surface area contributed by atoms with Gasteiger partial charge < -0.3 is 10.2 Å². The predicted molar refractivity (Wildman–Crippen MR) is 127 cm³/mol. The van der Waals surface area contributed by atoms with Crippen LogP contribution in [-0.2, 0) is 16.6 Å². The number of aliphatic imine (C=N–C) groups is 1. The summed E-state index contributed by atoms with van der Waals surface area (Å²) in [5.74, 6) is 2.49. The molecule has 1 aromatic rings. The molecule has 0 amide bonds. The third kappa shape index (κ3) is 8.57. The number of hydrogen-bond acceptors (Lipinski definition) is 4. The summed E-state index contributed by atoms with van der Waals surface area (Å²) in [5.41, 5.74) is 0.949. The second-order valence-corrected chi connectivity index (χ2v) is 9.97. The molecule has 1 fully saturated rings. The van der Waals surface area contributed by atoms with Crippen LogP contribution in [0, 0.1) is 5.92 Å². The van der Waals surface area contributed by atoms with E-state index >= 15 is 0 Å². The predicted octanol–water partition coefficient (Wildman–Crippen LogP) is 2.37. The van der Waals surface area contributed by atoms with Gasteiger partial charge in [-0.15, -0.1) is 24.0 Å². The summed E-state index contributed by atoms with van der Waals surface area (Å²) in [5, 5.41) is 3.78. The molecule has 6 nitrogen and oxygen atoms in total. The van der Waals surface area contributed by atoms with Gasteiger partial charge in [0.2, 0.25) is 10.0 Å². The number of nitrogens with zero attached hydrogens (tertiary/aromatic N) is 2. The maximum Gasteiger partial charge on any atom is 0.213 e. The van der Waals surface area contributed by atoms with Crippen LogP contribution in [0.3, 0.4) is 0 Å². The lowest BCUT2D eigenvalue weighted by Crippen LogP contribution is -2.50. The molecule has 0 spiro atoms. The van der Waals surface area contributed by atoms with Crippen molar-refractivity contribution in [2.75, 3.05) is 38.2 Å². The lowest BCUT2D eigenvalue weighted by atomic mass is 10.1. The minimum atomic E-state index is -3.33. The van der Waals surface area contributed by atoms with Crippen molar-refractivity contribution in [2.24, 2.45) is 10.9 Å². The van der Waals surface area contributed by atoms with Gasteiger partial charge in [-0.25, -0.2) is 13.1 Å². The fraction of sp³-hybridized carbons (Fsp3) is 0.611. The van der Waals surface area contributed by atoms with Gasteiger partial charge in [-0.3, -0.25) is 4.99 Å². The topological polar surface area (TPSA) is 73.8 Å². The highest BCUT2D eigenvalue weighted by Gasteiger charge is 2.25. The lowest BCUT2D eigenvalue weighted by molar-refractivity contribution is 0.382. The SMILES string of the molecule is CN=C(NCCS(=O)(=O)NCc1ccccc1)N1CCSC(C(C)C)C1.I. The van der Waals surface area contributed by atoms with Gasteiger partial charge in [0.15, 0.2) is 5.96 Å². The standard InChI is InChI=1S/C18H30N4O2S2.HI/c1-15(2)17-14-22(10-11-25-17)18(19-3)20-9-12-26(23,24)21-13-16-7-5-4-6-8-16;/h4-8,15,17,21H,9-14H2,1-3H3,(H,19,20);1H. The summed E-state index contributed by atoms with van der Waals surface area (Å²) in [6.07, 6.45) is 0. The van der Waals surface area contributed by atoms with Crippen molar-refractivity contribution >= 4 is 51.7 Å². The molecule has 0 radical (unpaired) electrons. The Morgan fingerprint density at radius 1 is 1.33 bits per heavy atom. The fourth-order valence-electron chi connectivity index (χ4n) is 2.76. The van der Waals surface area contributed by atoms with Crippen molar-refractivity contribution in [3.8, 4) is 0 Å². The molecule has 0 saturated carbocycles. The van der Waals surface area contributed by atoms with Crippen LogP contribution in [0.4, 0.5) is 0 Å². The molecule has 0 bridgehead atoms. The number of benzene rings is 1. The Hall–Kier alpha value is -0.520. The molecule has 9 heteroatoms. The Morgan fingerprint density at radius 2 is 2.04 bits per heavy atom. The van der Waals surface area contributed by atoms with Gasteiger partial charge >= 0.3 is 0 Å². The minimum Gasteiger partial charge on any atom is -0.355 e. The summed E-state index contributed by atoms with van der Waals surface area (Å²) in [4.78, 5) is 6.55. The average Bonchev–Trinajstić information content (AvgIpc) is 2.64. The molecule has 1 aliphatic heterocycles. The first kappa shape index (κ1) is 24.5. The van der Waals surface area contributed by atoms with Crippen molar-refractivity contribution in [3.63, 3.8) is 0 Å². The lowest BCUT2D eigenvalue weighted by Gasteiger charge is -2.36. The molecule has 1 aromatic carbocycles. The Labute approximate surface area is 185 Å². The van der Waals surface area contributed by atoms with E-state index in [9.17, 15) is 8.42 Å². The Bertz CT molecular complexity index is 684. The minimum absolute atomic E-state index is 0. The third-order valence-electron chi connectivity index (χ3n) is 4.34. The normalized spacial score (nSPS) is 18.3. The summed E-state index contributed by atoms with van der Waals surface area (Å²) >= 11 is 2.01. The van der Waals surface area contributed by atoms with Gasteiger partial charge in [0.05, 0.1) is 5.75 Å². The van der Waals surface area contributed by atoms with Crippen molar-refractivity contribution < 1.29 is 8.42 Å². The van der Waals surface area contributed by atoms with Gasteiger partial charge in [-0.1, -0.05) is 44.2 Å². The molecule has 0 aliphatic carbocycles. The van der Waals surface area contributed by atoms with Crippen LogP contribution >= 0.6 is 35.7 Å². The molecule has 2 N–H and O–H groups in total. The summed E-state index contributed by atoms with van der Waals surface area (Å²) in [7, 11) is -1.58.